The molecule has 0 aromatic heterocycles. The summed E-state index contributed by atoms with van der Waals surface area (Å²) in [6.45, 7) is 13.9. The van der Waals surface area contributed by atoms with Crippen LogP contribution in [0.15, 0.2) is 96.9 Å². The summed E-state index contributed by atoms with van der Waals surface area (Å²) >= 11 is 6.82. The van der Waals surface area contributed by atoms with Crippen LogP contribution in [0.25, 0.3) is 0 Å². The molecule has 7 rings (SSSR count). The molecule has 0 saturated carbocycles. The molecule has 0 aliphatic carbocycles. The fourth-order valence-corrected chi connectivity index (χ4v) is 11.4. The van der Waals surface area contributed by atoms with E-state index in [-0.39, 0.29) is 99.9 Å². The predicted molar refractivity (Wildman–Crippen MR) is 341 cm³/mol. The van der Waals surface area contributed by atoms with E-state index in [1.54, 1.807) is 50.2 Å². The topological polar surface area (TPSA) is 257 Å². The van der Waals surface area contributed by atoms with Crippen LogP contribution < -0.4 is 20.4 Å². The highest BCUT2D eigenvalue weighted by Gasteiger charge is 2.64. The second kappa shape index (κ2) is 33.9. The lowest BCUT2D eigenvalue weighted by Gasteiger charge is -2.44. The minimum absolute atomic E-state index is 0.0294. The van der Waals surface area contributed by atoms with Crippen LogP contribution in [0, 0.1) is 17.8 Å². The van der Waals surface area contributed by atoms with Crippen molar-refractivity contribution in [2.75, 3.05) is 104 Å². The monoisotopic (exact) mass is 1280 g/mol. The highest BCUT2D eigenvalue weighted by atomic mass is 35.5. The third kappa shape index (κ3) is 19.7. The van der Waals surface area contributed by atoms with Crippen LogP contribution in [0.5, 0.6) is 0 Å². The van der Waals surface area contributed by atoms with Crippen LogP contribution in [0.2, 0.25) is 5.02 Å². The van der Waals surface area contributed by atoms with Crippen molar-refractivity contribution in [3.8, 4) is 11.8 Å². The number of esters is 1. The summed E-state index contributed by atoms with van der Waals surface area (Å²) in [5.74, 6) is 3.92. The van der Waals surface area contributed by atoms with Gasteiger partial charge in [-0.15, -0.1) is 0 Å². The van der Waals surface area contributed by atoms with E-state index in [0.29, 0.717) is 70.4 Å². The average Bonchev–Trinajstić information content (AvgIpc) is 1.58. The number of methoxy groups -OCH3 is 1. The number of allylic oxidation sites excluding steroid dienone is 3. The summed E-state index contributed by atoms with van der Waals surface area (Å²) in [6.07, 6.45) is 2.76. The number of hydrogen-bond acceptors (Lipinski definition) is 17. The molecule has 8 atom stereocenters. The minimum Gasteiger partial charge on any atom is -0.476 e. The van der Waals surface area contributed by atoms with E-state index < -0.39 is 65.5 Å². The molecule has 23 heteroatoms. The maximum atomic E-state index is 14.4. The third-order valence-corrected chi connectivity index (χ3v) is 17.3. The molecule has 4 N–H and O–H groups in total. The Morgan fingerprint density at radius 3 is 2.25 bits per heavy atom. The lowest BCUT2D eigenvalue weighted by Crippen LogP contribution is -2.60. The van der Waals surface area contributed by atoms with Crippen LogP contribution >= 0.6 is 11.6 Å². The number of nitrogens with one attached hydrogen (secondary N) is 2. The molecule has 4 heterocycles. The van der Waals surface area contributed by atoms with Crippen molar-refractivity contribution in [2.45, 2.75) is 134 Å². The van der Waals surface area contributed by atoms with E-state index in [2.05, 4.69) is 29.1 Å². The molecule has 3 aromatic carbocycles. The maximum Gasteiger partial charge on any atom is 0.328 e. The molecule has 91 heavy (non-hydrogen) atoms. The van der Waals surface area contributed by atoms with Gasteiger partial charge in [-0.05, 0) is 81.1 Å². The van der Waals surface area contributed by atoms with E-state index in [1.165, 1.54) is 35.8 Å². The molecule has 4 aliphatic rings. The van der Waals surface area contributed by atoms with Crippen molar-refractivity contribution in [3.63, 3.8) is 0 Å². The van der Waals surface area contributed by atoms with Gasteiger partial charge in [-0.2, -0.15) is 0 Å². The van der Waals surface area contributed by atoms with Gasteiger partial charge in [0.25, 0.3) is 0 Å². The largest absolute Gasteiger partial charge is 0.476 e. The summed E-state index contributed by atoms with van der Waals surface area (Å²) in [7, 11) is 6.17. The molecule has 3 aromatic rings. The zero-order valence-electron chi connectivity index (χ0n) is 53.6. The number of hydrogen-bond donors (Lipinski definition) is 4. The SMILES string of the molecule is C=C1N[C@]2(O)C[C@H](O1)[C@@H](C)[C@@H]1O[C@@]1(C)[C@@H](OC(=O)[C@H](C)N(C)C(=O)CCCC(=O)N(C)CCOCCOCCOCCOCCC(=O)NCCC(=O)N1Cc3ccccc3C#Cc3ccccc31)CC(=O)N(C)c1cc(cc(CO)c1Cl)C/C(C)=C\C=C\[C@H]2OC. The zero-order chi connectivity index (χ0) is 65.8. The summed E-state index contributed by atoms with van der Waals surface area (Å²) in [4.78, 5) is 86.9. The first-order chi connectivity index (χ1) is 43.6. The van der Waals surface area contributed by atoms with Crippen molar-refractivity contribution in [3.05, 3.63) is 130 Å². The lowest BCUT2D eigenvalue weighted by atomic mass is 9.83. The number of rotatable bonds is 27. The van der Waals surface area contributed by atoms with Gasteiger partial charge in [-0.1, -0.05) is 90.6 Å². The number of carbonyl (C=O) groups excluding carboxylic acids is 6. The number of benzene rings is 3. The number of aliphatic hydroxyl groups is 2. The number of fused-ring (bicyclic) bond motifs is 7. The van der Waals surface area contributed by atoms with Crippen molar-refractivity contribution in [2.24, 2.45) is 5.92 Å². The van der Waals surface area contributed by atoms with Gasteiger partial charge in [0.1, 0.15) is 30.0 Å². The summed E-state index contributed by atoms with van der Waals surface area (Å²) in [6, 6.07) is 17.8. The van der Waals surface area contributed by atoms with E-state index >= 15 is 0 Å². The van der Waals surface area contributed by atoms with Crippen LogP contribution in [0.3, 0.4) is 0 Å². The second-order valence-electron chi connectivity index (χ2n) is 23.5. The number of carbonyl (C=O) groups is 6. The van der Waals surface area contributed by atoms with Crippen LogP contribution in [-0.2, 0) is 86.2 Å². The fraction of sp³-hybridized carbons (Fsp3) is 0.529. The summed E-state index contributed by atoms with van der Waals surface area (Å²) in [5, 5.41) is 28.3. The zero-order valence-corrected chi connectivity index (χ0v) is 54.4. The third-order valence-electron chi connectivity index (χ3n) is 16.9. The first-order valence-electron chi connectivity index (χ1n) is 30.9. The minimum atomic E-state index is -1.64. The van der Waals surface area contributed by atoms with Gasteiger partial charge >= 0.3 is 5.97 Å². The number of nitrogens with zero attached hydrogens (tertiary/aromatic N) is 4. The Kier molecular flexibility index (Phi) is 26.6. The number of para-hydroxylation sites is 1. The molecule has 22 nitrogen and oxygen atoms in total. The van der Waals surface area contributed by atoms with E-state index in [0.717, 1.165) is 33.5 Å². The number of ether oxygens (including phenoxy) is 8. The Morgan fingerprint density at radius 1 is 0.901 bits per heavy atom. The van der Waals surface area contributed by atoms with Crippen LogP contribution in [-0.4, -0.2) is 191 Å². The van der Waals surface area contributed by atoms with Crippen molar-refractivity contribution in [1.29, 1.82) is 0 Å². The first kappa shape index (κ1) is 71.3. The molecule has 0 radical (unpaired) electrons. The Bertz CT molecular complexity index is 3180. The van der Waals surface area contributed by atoms with Gasteiger partial charge in [0, 0.05) is 90.5 Å². The van der Waals surface area contributed by atoms with E-state index in [4.69, 9.17) is 49.5 Å². The van der Waals surface area contributed by atoms with Crippen LogP contribution in [0.4, 0.5) is 11.4 Å². The highest BCUT2D eigenvalue weighted by Crippen LogP contribution is 2.49. The Hall–Kier alpha value is -7.17. The highest BCUT2D eigenvalue weighted by molar-refractivity contribution is 6.34. The van der Waals surface area contributed by atoms with Gasteiger partial charge in [0.05, 0.1) is 94.9 Å². The summed E-state index contributed by atoms with van der Waals surface area (Å²) in [5.41, 5.74) is 2.93. The van der Waals surface area contributed by atoms with Crippen molar-refractivity contribution in [1.82, 2.24) is 20.4 Å². The standard InChI is InChI=1S/C68H89ClN6O16/c1-45-16-14-21-57(84-9)68(83)42-56(89-48(4)71-68)46(2)65-67(5,91-65)58(41-63(81)74(8)55-40-49(38-45)39-53(44-76)64(55)69)90-66(82)47(3)73(7)61(79)23-15-22-60(78)72(6)29-31-86-33-35-88-37-36-87-34-32-85-30-27-59(77)70-28-26-62(80)75-43-52-19-11-10-17-50(52)24-25-51-18-12-13-20-54(51)75/h10-14,16-21,39-40,46-47,56-58,65,71,76,83H,4,15,22-23,26-38,41-44H2,1-3,5-9H3,(H,70,77)/b21-14+,45-16-/t46-,47+,56+,57-,58+,65+,67+,68+/m1/s1. The average molecular weight is 1280 g/mol. The molecule has 494 valence electrons. The smallest absolute Gasteiger partial charge is 0.328 e. The maximum absolute atomic E-state index is 14.4. The number of anilines is 2. The molecule has 0 unspecified atom stereocenters. The molecular weight excluding hydrogens is 1190 g/mol. The molecule has 4 aliphatic heterocycles. The molecule has 5 amide bonds. The number of aliphatic hydroxyl groups excluding tert-OH is 1. The Labute approximate surface area is 539 Å². The quantitative estimate of drug-likeness (QED) is 0.0300. The molecule has 0 spiro atoms. The molecule has 4 bridgehead atoms. The first-order valence-corrected chi connectivity index (χ1v) is 31.3. The van der Waals surface area contributed by atoms with E-state index in [9.17, 15) is 39.0 Å². The number of amides is 5. The van der Waals surface area contributed by atoms with Gasteiger partial charge in [-0.3, -0.25) is 24.0 Å². The van der Waals surface area contributed by atoms with Crippen molar-refractivity contribution >= 4 is 58.5 Å². The van der Waals surface area contributed by atoms with Crippen LogP contribution in [0.1, 0.15) is 100 Å². The number of epoxide rings is 1. The predicted octanol–water partition coefficient (Wildman–Crippen LogP) is 5.89. The molecule has 2 saturated heterocycles. The molecule has 2 fully saturated rings. The Balaban J connectivity index is 0.771. The second-order valence-corrected chi connectivity index (χ2v) is 23.9. The molecular formula is C68H89ClN6O16. The lowest BCUT2D eigenvalue weighted by molar-refractivity contribution is -0.162. The number of likely N-dealkylation sites (N-methyl/N-ethyl adjacent to an activating group) is 2. The van der Waals surface area contributed by atoms with Crippen molar-refractivity contribution < 1.29 is 76.9 Å². The van der Waals surface area contributed by atoms with Gasteiger partial charge in [0.15, 0.2) is 11.6 Å². The Morgan fingerprint density at radius 2 is 1.55 bits per heavy atom. The number of halogens is 1. The van der Waals surface area contributed by atoms with E-state index in [1.807, 2.05) is 68.5 Å². The fourth-order valence-electron chi connectivity index (χ4n) is 11.1. The van der Waals surface area contributed by atoms with Gasteiger partial charge in [0.2, 0.25) is 29.5 Å². The van der Waals surface area contributed by atoms with Gasteiger partial charge < -0.3 is 78.3 Å². The summed E-state index contributed by atoms with van der Waals surface area (Å²) < 4.78 is 46.9. The van der Waals surface area contributed by atoms with Gasteiger partial charge in [-0.25, -0.2) is 4.79 Å². The normalized spacial score (nSPS) is 23.3.